The van der Waals surface area contributed by atoms with E-state index in [0.29, 0.717) is 0 Å². The highest BCUT2D eigenvalue weighted by Crippen LogP contribution is 2.17. The average molecular weight is 322 g/mol. The van der Waals surface area contributed by atoms with Gasteiger partial charge in [-0.1, -0.05) is 35.9 Å². The zero-order chi connectivity index (χ0) is 15.1. The van der Waals surface area contributed by atoms with Gasteiger partial charge in [0.2, 0.25) is 0 Å². The van der Waals surface area contributed by atoms with Crippen LogP contribution in [0.25, 0.3) is 0 Å². The van der Waals surface area contributed by atoms with Crippen molar-refractivity contribution >= 4 is 29.5 Å². The summed E-state index contributed by atoms with van der Waals surface area (Å²) in [4.78, 5) is 11.7. The Morgan fingerprint density at radius 3 is 2.29 bits per heavy atom. The van der Waals surface area contributed by atoms with Gasteiger partial charge in [0.15, 0.2) is 0 Å². The number of aliphatic carboxylic acids is 1. The van der Waals surface area contributed by atoms with Crippen molar-refractivity contribution in [3.05, 3.63) is 64.7 Å². The van der Waals surface area contributed by atoms with Gasteiger partial charge in [-0.05, 0) is 53.8 Å². The zero-order valence-electron chi connectivity index (χ0n) is 11.4. The van der Waals surface area contributed by atoms with Crippen LogP contribution in [0.4, 0.5) is 0 Å². The maximum absolute atomic E-state index is 10.6. The van der Waals surface area contributed by atoms with Crippen LogP contribution in [-0.4, -0.2) is 17.6 Å². The summed E-state index contributed by atoms with van der Waals surface area (Å²) in [5.41, 5.74) is 2.02. The summed E-state index contributed by atoms with van der Waals surface area (Å²) < 4.78 is 3.30. The molecule has 0 aliphatic heterocycles. The van der Waals surface area contributed by atoms with Gasteiger partial charge in [-0.25, -0.2) is 0 Å². The molecule has 0 radical (unpaired) electrons. The minimum atomic E-state index is -0.802. The van der Waals surface area contributed by atoms with Crippen molar-refractivity contribution in [1.29, 1.82) is 0 Å². The van der Waals surface area contributed by atoms with Crippen LogP contribution < -0.4 is 4.72 Å². The monoisotopic (exact) mass is 321 g/mol. The van der Waals surface area contributed by atoms with Crippen molar-refractivity contribution in [1.82, 2.24) is 4.72 Å². The van der Waals surface area contributed by atoms with Crippen molar-refractivity contribution in [2.24, 2.45) is 0 Å². The van der Waals surface area contributed by atoms with Crippen LogP contribution >= 0.6 is 23.5 Å². The van der Waals surface area contributed by atoms with E-state index in [2.05, 4.69) is 4.72 Å². The van der Waals surface area contributed by atoms with E-state index in [9.17, 15) is 4.79 Å². The van der Waals surface area contributed by atoms with E-state index in [1.807, 2.05) is 48.5 Å². The number of nitrogens with one attached hydrogen (secondary N) is 1. The molecule has 3 nitrogen and oxygen atoms in total. The van der Waals surface area contributed by atoms with Gasteiger partial charge in [0.25, 0.3) is 0 Å². The lowest BCUT2D eigenvalue weighted by molar-refractivity contribution is -0.136. The molecule has 2 N–H and O–H groups in total. The molecule has 0 aromatic heterocycles. The summed E-state index contributed by atoms with van der Waals surface area (Å²) in [6.45, 7) is 0.839. The number of hydrogen-bond acceptors (Lipinski definition) is 3. The summed E-state index contributed by atoms with van der Waals surface area (Å²) >= 11 is 7.40. The minimum absolute atomic E-state index is 0.0744. The number of hydrogen-bond donors (Lipinski definition) is 2. The first-order valence-electron chi connectivity index (χ1n) is 6.58. The minimum Gasteiger partial charge on any atom is -0.481 e. The molecule has 0 aliphatic carbocycles. The molecule has 0 atom stereocenters. The molecule has 110 valence electrons. The quantitative estimate of drug-likeness (QED) is 0.601. The first-order valence-corrected chi connectivity index (χ1v) is 7.78. The summed E-state index contributed by atoms with van der Waals surface area (Å²) in [6.07, 6.45) is 0.971. The second-order valence-corrected chi connectivity index (χ2v) is 5.99. The normalized spacial score (nSPS) is 10.5. The Morgan fingerprint density at radius 2 is 1.67 bits per heavy atom. The Labute approximate surface area is 133 Å². The van der Waals surface area contributed by atoms with Crippen molar-refractivity contribution in [3.8, 4) is 0 Å². The third-order valence-corrected chi connectivity index (χ3v) is 4.01. The molecule has 0 fully saturated rings. The van der Waals surface area contributed by atoms with Crippen molar-refractivity contribution < 1.29 is 9.90 Å². The molecule has 0 bridgehead atoms. The van der Waals surface area contributed by atoms with Crippen LogP contribution in [0.5, 0.6) is 0 Å². The van der Waals surface area contributed by atoms with Crippen LogP contribution in [-0.2, 0) is 17.6 Å². The maximum Gasteiger partial charge on any atom is 0.307 e. The van der Waals surface area contributed by atoms with Gasteiger partial charge in [0.05, 0.1) is 6.42 Å². The fourth-order valence-electron chi connectivity index (χ4n) is 1.83. The number of rotatable bonds is 7. The molecule has 0 saturated heterocycles. The average Bonchev–Trinajstić information content (AvgIpc) is 2.46. The van der Waals surface area contributed by atoms with Crippen molar-refractivity contribution in [2.45, 2.75) is 17.7 Å². The summed E-state index contributed by atoms with van der Waals surface area (Å²) in [7, 11) is 0. The molecule has 0 aliphatic rings. The van der Waals surface area contributed by atoms with Crippen LogP contribution in [0.1, 0.15) is 11.1 Å². The topological polar surface area (TPSA) is 49.3 Å². The highest BCUT2D eigenvalue weighted by molar-refractivity contribution is 7.97. The Kier molecular flexibility index (Phi) is 6.11. The third-order valence-electron chi connectivity index (χ3n) is 2.90. The number of carbonyl (C=O) groups is 1. The molecule has 0 unspecified atom stereocenters. The van der Waals surface area contributed by atoms with Gasteiger partial charge in [-0.3, -0.25) is 9.52 Å². The van der Waals surface area contributed by atoms with Crippen LogP contribution in [0.15, 0.2) is 53.4 Å². The fourth-order valence-corrected chi connectivity index (χ4v) is 2.60. The van der Waals surface area contributed by atoms with Gasteiger partial charge in [0.1, 0.15) is 0 Å². The lowest BCUT2D eigenvalue weighted by Gasteiger charge is -2.05. The Bertz CT molecular complexity index is 584. The van der Waals surface area contributed by atoms with E-state index in [-0.39, 0.29) is 6.42 Å². The van der Waals surface area contributed by atoms with Gasteiger partial charge in [0, 0.05) is 16.5 Å². The van der Waals surface area contributed by atoms with E-state index in [1.165, 1.54) is 5.56 Å². The first-order chi connectivity index (χ1) is 10.1. The van der Waals surface area contributed by atoms with Crippen LogP contribution in [0, 0.1) is 0 Å². The van der Waals surface area contributed by atoms with E-state index in [1.54, 1.807) is 11.9 Å². The predicted octanol–water partition coefficient (Wildman–Crippen LogP) is 3.81. The summed E-state index contributed by atoms with van der Waals surface area (Å²) in [6, 6.07) is 15.4. The van der Waals surface area contributed by atoms with E-state index in [0.717, 1.165) is 28.4 Å². The summed E-state index contributed by atoms with van der Waals surface area (Å²) in [5, 5.41) is 9.45. The molecule has 0 heterocycles. The number of carboxylic acid groups (broad SMARTS) is 1. The van der Waals surface area contributed by atoms with E-state index in [4.69, 9.17) is 16.7 Å². The lowest BCUT2D eigenvalue weighted by atomic mass is 10.1. The number of halogens is 1. The second-order valence-electron chi connectivity index (χ2n) is 4.59. The molecule has 21 heavy (non-hydrogen) atoms. The molecule has 0 saturated carbocycles. The summed E-state index contributed by atoms with van der Waals surface area (Å²) in [5.74, 6) is -0.802. The standard InChI is InChI=1S/C16H16ClNO2S/c17-14-5-7-15(8-6-14)21-18-10-9-12-1-3-13(4-2-12)11-16(19)20/h1-8,18H,9-11H2,(H,19,20). The Hall–Kier alpha value is -1.49. The van der Waals surface area contributed by atoms with Gasteiger partial charge < -0.3 is 5.11 Å². The van der Waals surface area contributed by atoms with Crippen LogP contribution in [0.3, 0.4) is 0 Å². The highest BCUT2D eigenvalue weighted by atomic mass is 35.5. The first kappa shape index (κ1) is 15.9. The van der Waals surface area contributed by atoms with E-state index < -0.39 is 5.97 Å². The SMILES string of the molecule is O=C(O)Cc1ccc(CCNSc2ccc(Cl)cc2)cc1. The molecular formula is C16H16ClNO2S. The molecule has 2 rings (SSSR count). The van der Waals surface area contributed by atoms with Crippen molar-refractivity contribution in [2.75, 3.05) is 6.54 Å². The number of benzene rings is 2. The molecule has 2 aromatic carbocycles. The molecule has 5 heteroatoms. The number of carboxylic acids is 1. The molecule has 2 aromatic rings. The Balaban J connectivity index is 1.73. The van der Waals surface area contributed by atoms with Crippen molar-refractivity contribution in [3.63, 3.8) is 0 Å². The smallest absolute Gasteiger partial charge is 0.307 e. The third kappa shape index (κ3) is 5.79. The van der Waals surface area contributed by atoms with E-state index >= 15 is 0 Å². The zero-order valence-corrected chi connectivity index (χ0v) is 13.0. The van der Waals surface area contributed by atoms with Gasteiger partial charge in [-0.15, -0.1) is 0 Å². The van der Waals surface area contributed by atoms with Crippen LogP contribution in [0.2, 0.25) is 5.02 Å². The molecular weight excluding hydrogens is 306 g/mol. The molecule has 0 spiro atoms. The predicted molar refractivity (Wildman–Crippen MR) is 86.8 cm³/mol. The maximum atomic E-state index is 10.6. The fraction of sp³-hybridized carbons (Fsp3) is 0.188. The lowest BCUT2D eigenvalue weighted by Crippen LogP contribution is -2.08. The Morgan fingerprint density at radius 1 is 1.05 bits per heavy atom. The van der Waals surface area contributed by atoms with Gasteiger partial charge >= 0.3 is 5.97 Å². The highest BCUT2D eigenvalue weighted by Gasteiger charge is 2.00. The van der Waals surface area contributed by atoms with Gasteiger partial charge in [-0.2, -0.15) is 0 Å². The second kappa shape index (κ2) is 8.08. The largest absolute Gasteiger partial charge is 0.481 e. The molecule has 0 amide bonds.